The maximum Gasteiger partial charge on any atom is 0.234 e. The normalized spacial score (nSPS) is 16.3. The molecule has 0 spiro atoms. The van der Waals surface area contributed by atoms with E-state index in [1.807, 2.05) is 0 Å². The number of nitrogens with one attached hydrogen (secondary N) is 2. The van der Waals surface area contributed by atoms with Gasteiger partial charge in [-0.2, -0.15) is 0 Å². The molecule has 1 aromatic carbocycles. The molecule has 2 aromatic heterocycles. The molecular weight excluding hydrogens is 402 g/mol. The number of fused-ring (bicyclic) bond motifs is 3. The first-order valence-electron chi connectivity index (χ1n) is 8.57. The summed E-state index contributed by atoms with van der Waals surface area (Å²) in [5.74, 6) is 0.601. The fourth-order valence-corrected chi connectivity index (χ4v) is 5.32. The van der Waals surface area contributed by atoms with Crippen LogP contribution in [0.15, 0.2) is 29.4 Å². The van der Waals surface area contributed by atoms with Gasteiger partial charge in [-0.25, -0.2) is 9.97 Å². The minimum atomic E-state index is -0.125. The van der Waals surface area contributed by atoms with E-state index in [2.05, 4.69) is 22.3 Å². The van der Waals surface area contributed by atoms with Crippen LogP contribution < -0.4 is 16.0 Å². The van der Waals surface area contributed by atoms with Crippen LogP contribution in [0.1, 0.15) is 10.4 Å². The number of nitrogens with zero attached hydrogens (tertiary/aromatic N) is 2. The van der Waals surface area contributed by atoms with Gasteiger partial charge in [0.25, 0.3) is 0 Å². The molecule has 6 nitrogen and oxygen atoms in total. The van der Waals surface area contributed by atoms with E-state index in [4.69, 9.17) is 17.3 Å². The third-order valence-corrected chi connectivity index (χ3v) is 6.69. The zero-order chi connectivity index (χ0) is 19.0. The highest BCUT2D eigenvalue weighted by atomic mass is 35.5. The summed E-state index contributed by atoms with van der Waals surface area (Å²) < 4.78 is 0. The smallest absolute Gasteiger partial charge is 0.234 e. The van der Waals surface area contributed by atoms with E-state index in [1.54, 1.807) is 35.6 Å². The molecule has 0 saturated carbocycles. The lowest BCUT2D eigenvalue weighted by Gasteiger charge is -2.19. The van der Waals surface area contributed by atoms with Crippen molar-refractivity contribution in [1.82, 2.24) is 9.97 Å². The molecule has 3 aromatic rings. The average molecular weight is 421 g/mol. The molecule has 0 fully saturated rings. The average Bonchev–Trinajstić information content (AvgIpc) is 2.99. The van der Waals surface area contributed by atoms with Gasteiger partial charge in [-0.1, -0.05) is 23.4 Å². The highest BCUT2D eigenvalue weighted by Gasteiger charge is 2.24. The minimum Gasteiger partial charge on any atom is -0.383 e. The highest BCUT2D eigenvalue weighted by molar-refractivity contribution is 7.99. The van der Waals surface area contributed by atoms with E-state index in [-0.39, 0.29) is 11.7 Å². The fourth-order valence-electron chi connectivity index (χ4n) is 3.14. The number of hydrogen-bond acceptors (Lipinski definition) is 6. The number of hydrogen-bond donors (Lipinski definition) is 3. The first-order valence-corrected chi connectivity index (χ1v) is 10.7. The largest absolute Gasteiger partial charge is 0.383 e. The number of carbonyl (C=O) groups is 1. The number of nitrogens with two attached hydrogens (primary N) is 1. The third-order valence-electron chi connectivity index (χ3n) is 4.47. The molecule has 0 saturated heterocycles. The number of benzene rings is 1. The van der Waals surface area contributed by atoms with E-state index in [1.165, 1.54) is 27.1 Å². The number of halogens is 1. The summed E-state index contributed by atoms with van der Waals surface area (Å²) in [5, 5.41) is 4.99. The van der Waals surface area contributed by atoms with Crippen molar-refractivity contribution in [3.05, 3.63) is 39.7 Å². The Balaban J connectivity index is 1.47. The molecule has 0 aliphatic carbocycles. The van der Waals surface area contributed by atoms with Gasteiger partial charge in [-0.05, 0) is 29.8 Å². The van der Waals surface area contributed by atoms with Crippen molar-refractivity contribution in [3.63, 3.8) is 0 Å². The second kappa shape index (κ2) is 7.63. The zero-order valence-electron chi connectivity index (χ0n) is 14.7. The number of aromatic nitrogens is 2. The topological polar surface area (TPSA) is 85.3 Å². The van der Waals surface area contributed by atoms with Gasteiger partial charge >= 0.3 is 0 Å². The summed E-state index contributed by atoms with van der Waals surface area (Å²) in [6.45, 7) is 2.10. The number of thiophene rings is 1. The number of anilines is 2. The molecule has 3 heterocycles. The fraction of sp³-hybridized carbons (Fsp3) is 0.278. The lowest BCUT2D eigenvalue weighted by molar-refractivity contribution is -0.895. The number of likely N-dealkylation sites (N-methyl/N-ethyl adjacent to an activating group) is 1. The summed E-state index contributed by atoms with van der Waals surface area (Å²) in [5.41, 5.74) is 8.23. The second-order valence-corrected chi connectivity index (χ2v) is 9.02. The van der Waals surface area contributed by atoms with Crippen LogP contribution in [-0.2, 0) is 17.8 Å². The number of rotatable bonds is 4. The SMILES string of the molecule is C[NH+]1CCc2c(sc3nc(SCC(=O)Nc4ccc(Cl)cc4)nc(N)c23)C1. The standard InChI is InChI=1S/C18H18ClN5OS2/c1-24-7-6-12-13(8-24)27-17-15(12)16(20)22-18(23-17)26-9-14(25)21-11-4-2-10(19)3-5-11/h2-5H,6-9H2,1H3,(H,21,25)(H2,20,22,23)/p+1. The monoisotopic (exact) mass is 420 g/mol. The van der Waals surface area contributed by atoms with E-state index in [0.717, 1.165) is 29.7 Å². The molecule has 1 aliphatic heterocycles. The molecule has 1 atom stereocenters. The number of carbonyl (C=O) groups excluding carboxylic acids is 1. The van der Waals surface area contributed by atoms with E-state index in [9.17, 15) is 4.79 Å². The molecule has 27 heavy (non-hydrogen) atoms. The Morgan fingerprint density at radius 1 is 1.37 bits per heavy atom. The Hall–Kier alpha value is -1.87. The van der Waals surface area contributed by atoms with Gasteiger partial charge in [0.05, 0.1) is 29.6 Å². The molecule has 0 radical (unpaired) electrons. The van der Waals surface area contributed by atoms with Crippen molar-refractivity contribution >= 4 is 62.3 Å². The van der Waals surface area contributed by atoms with E-state index in [0.29, 0.717) is 21.7 Å². The van der Waals surface area contributed by atoms with Crippen molar-refractivity contribution in [2.24, 2.45) is 0 Å². The van der Waals surface area contributed by atoms with Gasteiger partial charge in [-0.3, -0.25) is 4.79 Å². The van der Waals surface area contributed by atoms with Gasteiger partial charge in [0.2, 0.25) is 5.91 Å². The van der Waals surface area contributed by atoms with Crippen LogP contribution in [0.3, 0.4) is 0 Å². The maximum absolute atomic E-state index is 12.2. The molecule has 4 N–H and O–H groups in total. The Bertz CT molecular complexity index is 1010. The van der Waals surface area contributed by atoms with Crippen LogP contribution in [0, 0.1) is 0 Å². The maximum atomic E-state index is 12.2. The van der Waals surface area contributed by atoms with Gasteiger partial charge in [0.1, 0.15) is 17.2 Å². The predicted octanol–water partition coefficient (Wildman–Crippen LogP) is 2.23. The number of nitrogen functional groups attached to an aromatic ring is 1. The van der Waals surface area contributed by atoms with Crippen LogP contribution in [0.25, 0.3) is 10.2 Å². The molecule has 4 rings (SSSR count). The molecule has 9 heteroatoms. The summed E-state index contributed by atoms with van der Waals surface area (Å²) in [6, 6.07) is 7.00. The first-order chi connectivity index (χ1) is 13.0. The van der Waals surface area contributed by atoms with Crippen LogP contribution in [0.2, 0.25) is 5.02 Å². The summed E-state index contributed by atoms with van der Waals surface area (Å²) in [7, 11) is 2.20. The van der Waals surface area contributed by atoms with Gasteiger partial charge in [0.15, 0.2) is 5.16 Å². The Morgan fingerprint density at radius 2 is 2.15 bits per heavy atom. The molecular formula is C18H19ClN5OS2+. The van der Waals surface area contributed by atoms with Crippen LogP contribution in [0.5, 0.6) is 0 Å². The number of quaternary nitrogens is 1. The van der Waals surface area contributed by atoms with Gasteiger partial charge in [0, 0.05) is 17.1 Å². The number of amides is 1. The summed E-state index contributed by atoms with van der Waals surface area (Å²) in [6.07, 6.45) is 1.00. The van der Waals surface area contributed by atoms with Crippen LogP contribution in [-0.4, -0.2) is 35.2 Å². The van der Waals surface area contributed by atoms with Crippen molar-refractivity contribution in [2.45, 2.75) is 18.1 Å². The lowest BCUT2D eigenvalue weighted by atomic mass is 10.1. The highest BCUT2D eigenvalue weighted by Crippen LogP contribution is 2.35. The number of thioether (sulfide) groups is 1. The quantitative estimate of drug-likeness (QED) is 0.445. The Labute approximate surface area is 170 Å². The minimum absolute atomic E-state index is 0.125. The Kier molecular flexibility index (Phi) is 5.23. The Morgan fingerprint density at radius 3 is 2.93 bits per heavy atom. The van der Waals surface area contributed by atoms with Crippen molar-refractivity contribution in [2.75, 3.05) is 30.4 Å². The lowest BCUT2D eigenvalue weighted by Crippen LogP contribution is -3.08. The van der Waals surface area contributed by atoms with Crippen molar-refractivity contribution in [1.29, 1.82) is 0 Å². The first kappa shape index (κ1) is 18.5. The predicted molar refractivity (Wildman–Crippen MR) is 112 cm³/mol. The molecule has 1 unspecified atom stereocenters. The van der Waals surface area contributed by atoms with E-state index >= 15 is 0 Å². The van der Waals surface area contributed by atoms with Crippen LogP contribution >= 0.6 is 34.7 Å². The molecule has 140 valence electrons. The molecule has 1 aliphatic rings. The molecule has 0 bridgehead atoms. The summed E-state index contributed by atoms with van der Waals surface area (Å²) in [4.78, 5) is 25.0. The van der Waals surface area contributed by atoms with Crippen molar-refractivity contribution in [3.8, 4) is 0 Å². The second-order valence-electron chi connectivity index (χ2n) is 6.55. The summed E-state index contributed by atoms with van der Waals surface area (Å²) >= 11 is 8.83. The van der Waals surface area contributed by atoms with E-state index < -0.39 is 0 Å². The van der Waals surface area contributed by atoms with Gasteiger partial charge < -0.3 is 16.0 Å². The van der Waals surface area contributed by atoms with Crippen LogP contribution in [0.4, 0.5) is 11.5 Å². The van der Waals surface area contributed by atoms with Crippen molar-refractivity contribution < 1.29 is 9.69 Å². The third kappa shape index (κ3) is 4.03. The molecule has 1 amide bonds. The van der Waals surface area contributed by atoms with Gasteiger partial charge in [-0.15, -0.1) is 11.3 Å². The zero-order valence-corrected chi connectivity index (χ0v) is 17.1.